The van der Waals surface area contributed by atoms with Crippen molar-refractivity contribution in [2.24, 2.45) is 0 Å². The number of ether oxygens (including phenoxy) is 1. The maximum Gasteiger partial charge on any atom is 0.408 e. The molecular weight excluding hydrogens is 442 g/mol. The molecule has 7 nitrogen and oxygen atoms in total. The Balaban J connectivity index is 3.21. The van der Waals surface area contributed by atoms with E-state index in [1.807, 2.05) is 31.2 Å². The van der Waals surface area contributed by atoms with Gasteiger partial charge in [-0.1, -0.05) is 75.8 Å². The van der Waals surface area contributed by atoms with Crippen LogP contribution in [0.2, 0.25) is 0 Å². The normalized spacial score (nSPS) is 13.0. The van der Waals surface area contributed by atoms with Crippen LogP contribution in [0.1, 0.15) is 104 Å². The van der Waals surface area contributed by atoms with Gasteiger partial charge in [-0.3, -0.25) is 9.59 Å². The lowest BCUT2D eigenvalue weighted by Gasteiger charge is -2.34. The van der Waals surface area contributed by atoms with Gasteiger partial charge in [-0.25, -0.2) is 4.79 Å². The average Bonchev–Trinajstić information content (AvgIpc) is 2.77. The van der Waals surface area contributed by atoms with Crippen LogP contribution in [0.5, 0.6) is 0 Å². The van der Waals surface area contributed by atoms with Crippen molar-refractivity contribution in [3.8, 4) is 0 Å². The molecule has 0 saturated heterocycles. The maximum absolute atomic E-state index is 13.6. The van der Waals surface area contributed by atoms with Crippen molar-refractivity contribution in [2.45, 2.75) is 111 Å². The number of nitrogens with zero attached hydrogens (tertiary/aromatic N) is 1. The summed E-state index contributed by atoms with van der Waals surface area (Å²) in [6, 6.07) is 6.11. The number of carbonyl (C=O) groups is 3. The number of carbonyl (C=O) groups excluding carboxylic acids is 3. The second kappa shape index (κ2) is 15.4. The van der Waals surface area contributed by atoms with Crippen LogP contribution in [0.3, 0.4) is 0 Å². The van der Waals surface area contributed by atoms with Gasteiger partial charge in [-0.2, -0.15) is 0 Å². The van der Waals surface area contributed by atoms with Crippen molar-refractivity contribution in [1.29, 1.82) is 0 Å². The van der Waals surface area contributed by atoms with Gasteiger partial charge in [0.05, 0.1) is 0 Å². The molecule has 0 radical (unpaired) electrons. The van der Waals surface area contributed by atoms with Gasteiger partial charge in [0.2, 0.25) is 11.8 Å². The van der Waals surface area contributed by atoms with E-state index in [-0.39, 0.29) is 11.8 Å². The molecule has 0 aromatic heterocycles. The molecule has 2 atom stereocenters. The van der Waals surface area contributed by atoms with Crippen molar-refractivity contribution >= 4 is 17.9 Å². The molecule has 0 aliphatic heterocycles. The lowest BCUT2D eigenvalue weighted by molar-refractivity contribution is -0.142. The van der Waals surface area contributed by atoms with E-state index in [4.69, 9.17) is 4.74 Å². The van der Waals surface area contributed by atoms with E-state index in [2.05, 4.69) is 24.5 Å². The molecule has 2 unspecified atom stereocenters. The topological polar surface area (TPSA) is 87.7 Å². The minimum Gasteiger partial charge on any atom is -0.444 e. The third-order valence-corrected chi connectivity index (χ3v) is 5.67. The Labute approximate surface area is 212 Å². The van der Waals surface area contributed by atoms with Gasteiger partial charge in [0.1, 0.15) is 17.7 Å². The van der Waals surface area contributed by atoms with Gasteiger partial charge in [0, 0.05) is 13.1 Å². The summed E-state index contributed by atoms with van der Waals surface area (Å²) in [4.78, 5) is 41.0. The first-order valence-electron chi connectivity index (χ1n) is 13.1. The smallest absolute Gasteiger partial charge is 0.408 e. The molecule has 1 aromatic rings. The quantitative estimate of drug-likeness (QED) is 0.330. The van der Waals surface area contributed by atoms with Crippen molar-refractivity contribution < 1.29 is 19.1 Å². The van der Waals surface area contributed by atoms with Gasteiger partial charge < -0.3 is 20.3 Å². The van der Waals surface area contributed by atoms with Gasteiger partial charge in [0.15, 0.2) is 0 Å². The van der Waals surface area contributed by atoms with E-state index in [0.717, 1.165) is 56.1 Å². The zero-order valence-electron chi connectivity index (χ0n) is 22.9. The Hall–Kier alpha value is -2.57. The first-order valence-corrected chi connectivity index (χ1v) is 13.1. The summed E-state index contributed by atoms with van der Waals surface area (Å²) in [6.07, 6.45) is 6.22. The number of alkyl carbamates (subject to hydrolysis) is 1. The highest BCUT2D eigenvalue weighted by atomic mass is 16.6. The summed E-state index contributed by atoms with van der Waals surface area (Å²) in [7, 11) is 0. The predicted octanol–water partition coefficient (Wildman–Crippen LogP) is 5.66. The van der Waals surface area contributed by atoms with Crippen LogP contribution in [0, 0.1) is 6.92 Å². The van der Waals surface area contributed by atoms with Crippen LogP contribution in [-0.2, 0) is 14.3 Å². The zero-order chi connectivity index (χ0) is 26.4. The van der Waals surface area contributed by atoms with Gasteiger partial charge >= 0.3 is 6.09 Å². The number of hydrogen-bond donors (Lipinski definition) is 2. The molecule has 0 fully saturated rings. The molecule has 2 N–H and O–H groups in total. The molecule has 1 rings (SSSR count). The molecule has 1 aromatic carbocycles. The number of aryl methyl sites for hydroxylation is 1. The molecule has 198 valence electrons. The highest BCUT2D eigenvalue weighted by Crippen LogP contribution is 2.24. The van der Waals surface area contributed by atoms with Gasteiger partial charge in [-0.15, -0.1) is 0 Å². The van der Waals surface area contributed by atoms with E-state index in [0.29, 0.717) is 13.1 Å². The SMILES string of the molecule is CCCCCCN(C(=O)C(C)NC(=O)OC(C)(C)C)C(C(=O)NCCCCC)c1ccc(C)cc1. The minimum atomic E-state index is -0.836. The fourth-order valence-electron chi connectivity index (χ4n) is 3.78. The predicted molar refractivity (Wildman–Crippen MR) is 141 cm³/mol. The van der Waals surface area contributed by atoms with Crippen LogP contribution >= 0.6 is 0 Å². The number of unbranched alkanes of at least 4 members (excludes halogenated alkanes) is 5. The first-order chi connectivity index (χ1) is 16.5. The standard InChI is InChI=1S/C28H47N3O4/c1-8-10-12-14-20-31(26(33)22(4)30-27(34)35-28(5,6)7)24(23-17-15-21(3)16-18-23)25(32)29-19-13-11-9-2/h15-18,22,24H,8-14,19-20H2,1-7H3,(H,29,32)(H,30,34). The average molecular weight is 490 g/mol. The van der Waals surface area contributed by atoms with Crippen LogP contribution in [0.15, 0.2) is 24.3 Å². The van der Waals surface area contributed by atoms with Crippen LogP contribution < -0.4 is 10.6 Å². The molecule has 0 aliphatic rings. The number of benzene rings is 1. The molecule has 0 saturated carbocycles. The monoisotopic (exact) mass is 489 g/mol. The third kappa shape index (κ3) is 11.6. The number of rotatable bonds is 14. The third-order valence-electron chi connectivity index (χ3n) is 5.67. The van der Waals surface area contributed by atoms with Crippen molar-refractivity contribution in [1.82, 2.24) is 15.5 Å². The summed E-state index contributed by atoms with van der Waals surface area (Å²) < 4.78 is 5.33. The molecule has 0 bridgehead atoms. The van der Waals surface area contributed by atoms with Crippen molar-refractivity contribution in [3.63, 3.8) is 0 Å². The van der Waals surface area contributed by atoms with Gasteiger partial charge in [0.25, 0.3) is 0 Å². The molecule has 0 aliphatic carbocycles. The highest BCUT2D eigenvalue weighted by molar-refractivity contribution is 5.92. The summed E-state index contributed by atoms with van der Waals surface area (Å²) in [6.45, 7) is 14.2. The Morgan fingerprint density at radius 2 is 1.54 bits per heavy atom. The fraction of sp³-hybridized carbons (Fsp3) is 0.679. The number of amides is 3. The fourth-order valence-corrected chi connectivity index (χ4v) is 3.78. The molecule has 0 spiro atoms. The number of nitrogens with one attached hydrogen (secondary N) is 2. The number of hydrogen-bond acceptors (Lipinski definition) is 4. The molecule has 3 amide bonds. The second-order valence-electron chi connectivity index (χ2n) is 10.3. The van der Waals surface area contributed by atoms with Crippen LogP contribution in [0.4, 0.5) is 4.79 Å². The zero-order valence-corrected chi connectivity index (χ0v) is 22.9. The summed E-state index contributed by atoms with van der Waals surface area (Å²) in [5.74, 6) is -0.500. The van der Waals surface area contributed by atoms with E-state index >= 15 is 0 Å². The lowest BCUT2D eigenvalue weighted by atomic mass is 10.0. The van der Waals surface area contributed by atoms with E-state index in [9.17, 15) is 14.4 Å². The largest absolute Gasteiger partial charge is 0.444 e. The van der Waals surface area contributed by atoms with E-state index in [1.165, 1.54) is 0 Å². The van der Waals surface area contributed by atoms with E-state index in [1.54, 1.807) is 32.6 Å². The summed E-state index contributed by atoms with van der Waals surface area (Å²) in [5.41, 5.74) is 1.17. The van der Waals surface area contributed by atoms with Crippen LogP contribution in [0.25, 0.3) is 0 Å². The summed E-state index contributed by atoms with van der Waals surface area (Å²) in [5, 5.41) is 5.68. The Bertz CT molecular complexity index is 786. The molecular formula is C28H47N3O4. The van der Waals surface area contributed by atoms with Crippen molar-refractivity contribution in [3.05, 3.63) is 35.4 Å². The highest BCUT2D eigenvalue weighted by Gasteiger charge is 2.34. The van der Waals surface area contributed by atoms with Crippen LogP contribution in [-0.4, -0.2) is 47.5 Å². The molecule has 7 heteroatoms. The Morgan fingerprint density at radius 1 is 0.943 bits per heavy atom. The first kappa shape index (κ1) is 30.5. The second-order valence-corrected chi connectivity index (χ2v) is 10.3. The lowest BCUT2D eigenvalue weighted by Crippen LogP contribution is -2.52. The van der Waals surface area contributed by atoms with E-state index < -0.39 is 23.8 Å². The van der Waals surface area contributed by atoms with Crippen molar-refractivity contribution in [2.75, 3.05) is 13.1 Å². The maximum atomic E-state index is 13.6. The molecule has 0 heterocycles. The van der Waals surface area contributed by atoms with Gasteiger partial charge in [-0.05, 0) is 53.0 Å². The Kier molecular flexibility index (Phi) is 13.4. The summed E-state index contributed by atoms with van der Waals surface area (Å²) >= 11 is 0. The minimum absolute atomic E-state index is 0.196. The Morgan fingerprint density at radius 3 is 2.11 bits per heavy atom. The molecule has 35 heavy (non-hydrogen) atoms.